The molecule has 1 saturated heterocycles. The molecule has 0 amide bonds. The van der Waals surface area contributed by atoms with Crippen LogP contribution in [0.2, 0.25) is 0 Å². The van der Waals surface area contributed by atoms with Gasteiger partial charge in [-0.1, -0.05) is 0 Å². The van der Waals surface area contributed by atoms with E-state index in [1.807, 2.05) is 31.9 Å². The fourth-order valence-electron chi connectivity index (χ4n) is 1.73. The fourth-order valence-corrected chi connectivity index (χ4v) is 3.01. The number of hydrogen-bond donors (Lipinski definition) is 2. The molecule has 1 unspecified atom stereocenters. The summed E-state index contributed by atoms with van der Waals surface area (Å²) in [7, 11) is 1.84. The average molecular weight is 238 g/mol. The van der Waals surface area contributed by atoms with Crippen LogP contribution in [0.5, 0.6) is 0 Å². The maximum Gasteiger partial charge on any atom is 0.224 e. The summed E-state index contributed by atoms with van der Waals surface area (Å²) in [5.74, 6) is 5.00. The molecule has 0 aromatic carbocycles. The Morgan fingerprint density at radius 3 is 3.12 bits per heavy atom. The van der Waals surface area contributed by atoms with Crippen LogP contribution < -0.4 is 10.6 Å². The van der Waals surface area contributed by atoms with E-state index in [1.165, 1.54) is 17.9 Å². The van der Waals surface area contributed by atoms with E-state index in [4.69, 9.17) is 0 Å². The summed E-state index contributed by atoms with van der Waals surface area (Å²) in [5, 5.41) is 6.38. The molecule has 2 heterocycles. The first-order chi connectivity index (χ1) is 7.79. The highest BCUT2D eigenvalue weighted by Crippen LogP contribution is 2.24. The van der Waals surface area contributed by atoms with Crippen LogP contribution in [-0.2, 0) is 0 Å². The SMILES string of the molecule is CNc1ncc(C)c(NCC2CCSC2)n1. The Kier molecular flexibility index (Phi) is 3.88. The van der Waals surface area contributed by atoms with Crippen LogP contribution in [0, 0.1) is 12.8 Å². The zero-order valence-electron chi connectivity index (χ0n) is 9.79. The molecule has 0 radical (unpaired) electrons. The van der Waals surface area contributed by atoms with Crippen LogP contribution in [0.1, 0.15) is 12.0 Å². The molecule has 1 aromatic heterocycles. The zero-order valence-corrected chi connectivity index (χ0v) is 10.6. The monoisotopic (exact) mass is 238 g/mol. The number of aromatic nitrogens is 2. The van der Waals surface area contributed by atoms with Gasteiger partial charge in [0.1, 0.15) is 5.82 Å². The fraction of sp³-hybridized carbons (Fsp3) is 0.636. The molecule has 0 spiro atoms. The molecule has 1 aliphatic rings. The minimum absolute atomic E-state index is 0.675. The van der Waals surface area contributed by atoms with Gasteiger partial charge in [-0.2, -0.15) is 16.7 Å². The van der Waals surface area contributed by atoms with E-state index in [1.54, 1.807) is 0 Å². The third-order valence-electron chi connectivity index (χ3n) is 2.78. The Bertz CT molecular complexity index is 350. The molecule has 1 aliphatic heterocycles. The molecule has 5 heteroatoms. The summed E-state index contributed by atoms with van der Waals surface area (Å²) in [6.45, 7) is 3.05. The quantitative estimate of drug-likeness (QED) is 0.840. The predicted octanol–water partition coefficient (Wildman–Crippen LogP) is 1.99. The van der Waals surface area contributed by atoms with E-state index in [2.05, 4.69) is 20.6 Å². The molecule has 4 nitrogen and oxygen atoms in total. The summed E-state index contributed by atoms with van der Waals surface area (Å²) in [4.78, 5) is 8.58. The van der Waals surface area contributed by atoms with Crippen LogP contribution in [0.3, 0.4) is 0 Å². The van der Waals surface area contributed by atoms with Crippen LogP contribution >= 0.6 is 11.8 Å². The molecular formula is C11H18N4S. The van der Waals surface area contributed by atoms with Gasteiger partial charge in [0.25, 0.3) is 0 Å². The minimum Gasteiger partial charge on any atom is -0.369 e. The first-order valence-electron chi connectivity index (χ1n) is 5.62. The second-order valence-corrected chi connectivity index (χ2v) is 5.24. The summed E-state index contributed by atoms with van der Waals surface area (Å²) in [6.07, 6.45) is 3.17. The van der Waals surface area contributed by atoms with Crippen molar-refractivity contribution < 1.29 is 0 Å². The minimum atomic E-state index is 0.675. The van der Waals surface area contributed by atoms with Crippen molar-refractivity contribution in [1.82, 2.24) is 9.97 Å². The second-order valence-electron chi connectivity index (χ2n) is 4.09. The first-order valence-corrected chi connectivity index (χ1v) is 6.78. The average Bonchev–Trinajstić information content (AvgIpc) is 2.81. The molecule has 0 saturated carbocycles. The van der Waals surface area contributed by atoms with E-state index >= 15 is 0 Å². The zero-order chi connectivity index (χ0) is 11.4. The van der Waals surface area contributed by atoms with Crippen LogP contribution in [0.25, 0.3) is 0 Å². The van der Waals surface area contributed by atoms with Gasteiger partial charge in [0, 0.05) is 25.4 Å². The highest BCUT2D eigenvalue weighted by atomic mass is 32.2. The molecule has 16 heavy (non-hydrogen) atoms. The highest BCUT2D eigenvalue weighted by Gasteiger charge is 2.15. The van der Waals surface area contributed by atoms with Gasteiger partial charge < -0.3 is 10.6 Å². The first kappa shape index (κ1) is 11.5. The van der Waals surface area contributed by atoms with Crippen molar-refractivity contribution in [2.45, 2.75) is 13.3 Å². The third-order valence-corrected chi connectivity index (χ3v) is 4.01. The van der Waals surface area contributed by atoms with Crippen molar-refractivity contribution in [1.29, 1.82) is 0 Å². The van der Waals surface area contributed by atoms with Crippen LogP contribution in [-0.4, -0.2) is 35.1 Å². The Labute approximate surface area is 101 Å². The number of nitrogens with zero attached hydrogens (tertiary/aromatic N) is 2. The Morgan fingerprint density at radius 2 is 2.44 bits per heavy atom. The predicted molar refractivity (Wildman–Crippen MR) is 70.2 cm³/mol. The van der Waals surface area contributed by atoms with Gasteiger partial charge in [-0.25, -0.2) is 4.98 Å². The van der Waals surface area contributed by atoms with Crippen molar-refractivity contribution in [2.75, 3.05) is 35.7 Å². The molecule has 1 aromatic rings. The topological polar surface area (TPSA) is 49.8 Å². The molecule has 2 N–H and O–H groups in total. The summed E-state index contributed by atoms with van der Waals surface area (Å²) in [5.41, 5.74) is 1.10. The molecule has 88 valence electrons. The Morgan fingerprint density at radius 1 is 1.56 bits per heavy atom. The maximum absolute atomic E-state index is 4.41. The highest BCUT2D eigenvalue weighted by molar-refractivity contribution is 7.99. The van der Waals surface area contributed by atoms with Gasteiger partial charge in [-0.3, -0.25) is 0 Å². The molecule has 1 atom stereocenters. The van der Waals surface area contributed by atoms with Crippen LogP contribution in [0.4, 0.5) is 11.8 Å². The van der Waals surface area contributed by atoms with E-state index in [9.17, 15) is 0 Å². The van der Waals surface area contributed by atoms with Crippen molar-refractivity contribution >= 4 is 23.5 Å². The summed E-state index contributed by atoms with van der Waals surface area (Å²) >= 11 is 2.04. The van der Waals surface area contributed by atoms with Gasteiger partial charge in [0.15, 0.2) is 0 Å². The molecule has 0 bridgehead atoms. The number of aryl methyl sites for hydroxylation is 1. The van der Waals surface area contributed by atoms with Crippen LogP contribution in [0.15, 0.2) is 6.20 Å². The lowest BCUT2D eigenvalue weighted by atomic mass is 10.1. The lowest BCUT2D eigenvalue weighted by molar-refractivity contribution is 0.630. The van der Waals surface area contributed by atoms with Crippen molar-refractivity contribution in [3.8, 4) is 0 Å². The normalized spacial score (nSPS) is 19.8. The number of anilines is 2. The summed E-state index contributed by atoms with van der Waals surface area (Å²) in [6, 6.07) is 0. The Balaban J connectivity index is 1.96. The maximum atomic E-state index is 4.41. The largest absolute Gasteiger partial charge is 0.369 e. The van der Waals surface area contributed by atoms with Gasteiger partial charge in [0.2, 0.25) is 5.95 Å². The number of hydrogen-bond acceptors (Lipinski definition) is 5. The molecule has 1 fully saturated rings. The Hall–Kier alpha value is -0.970. The van der Waals surface area contributed by atoms with E-state index in [-0.39, 0.29) is 0 Å². The van der Waals surface area contributed by atoms with Gasteiger partial charge in [-0.05, 0) is 30.8 Å². The number of nitrogens with one attached hydrogen (secondary N) is 2. The lowest BCUT2D eigenvalue weighted by Gasteiger charge is -2.12. The smallest absolute Gasteiger partial charge is 0.224 e. The second kappa shape index (κ2) is 5.39. The van der Waals surface area contributed by atoms with E-state index < -0.39 is 0 Å². The standard InChI is InChI=1S/C11H18N4S/c1-8-5-14-11(12-2)15-10(8)13-6-9-3-4-16-7-9/h5,9H,3-4,6-7H2,1-2H3,(H2,12,13,14,15). The van der Waals surface area contributed by atoms with Gasteiger partial charge >= 0.3 is 0 Å². The molecule has 0 aliphatic carbocycles. The van der Waals surface area contributed by atoms with Crippen molar-refractivity contribution in [3.63, 3.8) is 0 Å². The molecular weight excluding hydrogens is 220 g/mol. The van der Waals surface area contributed by atoms with Gasteiger partial charge in [0.05, 0.1) is 0 Å². The number of rotatable bonds is 4. The molecule has 2 rings (SSSR count). The van der Waals surface area contributed by atoms with Crippen molar-refractivity contribution in [3.05, 3.63) is 11.8 Å². The van der Waals surface area contributed by atoms with E-state index in [0.717, 1.165) is 23.8 Å². The third kappa shape index (κ3) is 2.78. The number of thioether (sulfide) groups is 1. The summed E-state index contributed by atoms with van der Waals surface area (Å²) < 4.78 is 0. The van der Waals surface area contributed by atoms with E-state index in [0.29, 0.717) is 5.95 Å². The van der Waals surface area contributed by atoms with Crippen molar-refractivity contribution in [2.24, 2.45) is 5.92 Å². The lowest BCUT2D eigenvalue weighted by Crippen LogP contribution is -2.15. The van der Waals surface area contributed by atoms with Gasteiger partial charge in [-0.15, -0.1) is 0 Å².